The van der Waals surface area contributed by atoms with E-state index in [1.807, 2.05) is 0 Å². The molecule has 21 heavy (non-hydrogen) atoms. The Morgan fingerprint density at radius 1 is 1.10 bits per heavy atom. The third kappa shape index (κ3) is 4.38. The number of oxime groups is 1. The van der Waals surface area contributed by atoms with E-state index in [9.17, 15) is 13.6 Å². The number of anilines is 1. The monoisotopic (exact) mass is 290 g/mol. The van der Waals surface area contributed by atoms with E-state index in [-0.39, 0.29) is 11.3 Å². The maximum atomic E-state index is 13.3. The maximum absolute atomic E-state index is 13.3. The van der Waals surface area contributed by atoms with Gasteiger partial charge in [-0.15, -0.1) is 0 Å². The lowest BCUT2D eigenvalue weighted by atomic mass is 10.2. The number of hydrogen-bond donors (Lipinski definition) is 1. The van der Waals surface area contributed by atoms with E-state index in [4.69, 9.17) is 4.84 Å². The second kappa shape index (κ2) is 7.14. The maximum Gasteiger partial charge on any atom is 0.265 e. The molecule has 0 spiro atoms. The molecule has 2 rings (SSSR count). The van der Waals surface area contributed by atoms with Gasteiger partial charge in [-0.2, -0.15) is 0 Å². The highest BCUT2D eigenvalue weighted by molar-refractivity contribution is 5.91. The number of nitrogens with zero attached hydrogens (tertiary/aromatic N) is 1. The number of nitrogens with one attached hydrogen (secondary N) is 1. The Bertz CT molecular complexity index is 660. The van der Waals surface area contributed by atoms with Crippen LogP contribution in [0, 0.1) is 11.6 Å². The topological polar surface area (TPSA) is 50.7 Å². The van der Waals surface area contributed by atoms with Gasteiger partial charge in [0.1, 0.15) is 11.6 Å². The molecule has 0 fully saturated rings. The summed E-state index contributed by atoms with van der Waals surface area (Å²) in [5.41, 5.74) is 0.302. The summed E-state index contributed by atoms with van der Waals surface area (Å²) in [6.45, 7) is -0.403. The fraction of sp³-hybridized carbons (Fsp3) is 0.0667. The van der Waals surface area contributed by atoms with Crippen LogP contribution in [0.3, 0.4) is 0 Å². The molecule has 0 atom stereocenters. The molecule has 0 bridgehead atoms. The Hall–Kier alpha value is -2.76. The Morgan fingerprint density at radius 2 is 1.76 bits per heavy atom. The Labute approximate surface area is 120 Å². The van der Waals surface area contributed by atoms with Crippen molar-refractivity contribution in [2.24, 2.45) is 5.16 Å². The molecule has 1 N–H and O–H groups in total. The van der Waals surface area contributed by atoms with Crippen molar-refractivity contribution in [2.75, 3.05) is 11.9 Å². The van der Waals surface area contributed by atoms with Crippen LogP contribution in [0.4, 0.5) is 14.5 Å². The minimum atomic E-state index is -0.564. The van der Waals surface area contributed by atoms with Crippen LogP contribution < -0.4 is 5.32 Å². The van der Waals surface area contributed by atoms with Gasteiger partial charge in [0.05, 0.1) is 11.9 Å². The van der Waals surface area contributed by atoms with Crippen LogP contribution in [0.2, 0.25) is 0 Å². The highest BCUT2D eigenvalue weighted by Crippen LogP contribution is 2.11. The molecule has 0 saturated heterocycles. The number of benzene rings is 2. The van der Waals surface area contributed by atoms with E-state index in [1.54, 1.807) is 18.2 Å². The third-order valence-corrected chi connectivity index (χ3v) is 2.52. The summed E-state index contributed by atoms with van der Waals surface area (Å²) in [6.07, 6.45) is 1.16. The lowest BCUT2D eigenvalue weighted by molar-refractivity contribution is -0.120. The molecular formula is C15H12F2N2O2. The molecule has 0 radical (unpaired) electrons. The van der Waals surface area contributed by atoms with Gasteiger partial charge in [-0.3, -0.25) is 4.79 Å². The molecule has 0 unspecified atom stereocenters. The smallest absolute Gasteiger partial charge is 0.265 e. The van der Waals surface area contributed by atoms with Crippen molar-refractivity contribution in [1.82, 2.24) is 0 Å². The van der Waals surface area contributed by atoms with Gasteiger partial charge in [-0.1, -0.05) is 35.5 Å². The van der Waals surface area contributed by atoms with Gasteiger partial charge in [0, 0.05) is 5.56 Å². The normalized spacial score (nSPS) is 10.6. The van der Waals surface area contributed by atoms with Gasteiger partial charge in [-0.05, 0) is 18.2 Å². The van der Waals surface area contributed by atoms with Crippen LogP contribution >= 0.6 is 0 Å². The van der Waals surface area contributed by atoms with Gasteiger partial charge in [-0.25, -0.2) is 8.78 Å². The summed E-state index contributed by atoms with van der Waals surface area (Å²) in [5.74, 6) is -1.55. The number of carbonyl (C=O) groups is 1. The number of carbonyl (C=O) groups excluding carboxylic acids is 1. The molecule has 0 aliphatic carbocycles. The first-order valence-corrected chi connectivity index (χ1v) is 6.11. The first-order valence-electron chi connectivity index (χ1n) is 6.11. The first kappa shape index (κ1) is 14.6. The average Bonchev–Trinajstić information content (AvgIpc) is 2.48. The largest absolute Gasteiger partial charge is 0.386 e. The average molecular weight is 290 g/mol. The van der Waals surface area contributed by atoms with Crippen LogP contribution in [0.1, 0.15) is 5.56 Å². The zero-order valence-electron chi connectivity index (χ0n) is 10.9. The molecule has 6 heteroatoms. The summed E-state index contributed by atoms with van der Waals surface area (Å²) in [6, 6.07) is 11.8. The van der Waals surface area contributed by atoms with Crippen molar-refractivity contribution >= 4 is 17.8 Å². The van der Waals surface area contributed by atoms with E-state index in [2.05, 4.69) is 10.5 Å². The van der Waals surface area contributed by atoms with Crippen molar-refractivity contribution < 1.29 is 18.4 Å². The summed E-state index contributed by atoms with van der Waals surface area (Å²) in [5, 5.41) is 5.82. The molecule has 0 saturated carbocycles. The third-order valence-electron chi connectivity index (χ3n) is 2.52. The van der Waals surface area contributed by atoms with E-state index in [0.717, 1.165) is 6.21 Å². The van der Waals surface area contributed by atoms with Gasteiger partial charge >= 0.3 is 0 Å². The van der Waals surface area contributed by atoms with E-state index in [0.29, 0.717) is 0 Å². The molecule has 0 aliphatic rings. The van der Waals surface area contributed by atoms with E-state index >= 15 is 0 Å². The molecule has 108 valence electrons. The zero-order valence-corrected chi connectivity index (χ0v) is 10.9. The van der Waals surface area contributed by atoms with Crippen molar-refractivity contribution in [1.29, 1.82) is 0 Å². The molecule has 2 aromatic rings. The van der Waals surface area contributed by atoms with E-state index in [1.165, 1.54) is 30.3 Å². The molecule has 2 aromatic carbocycles. The van der Waals surface area contributed by atoms with Gasteiger partial charge in [0.2, 0.25) is 0 Å². The molecule has 0 heterocycles. The van der Waals surface area contributed by atoms with E-state index < -0.39 is 24.1 Å². The predicted molar refractivity (Wildman–Crippen MR) is 75.0 cm³/mol. The Morgan fingerprint density at radius 3 is 2.48 bits per heavy atom. The number of amides is 1. The summed E-state index contributed by atoms with van der Waals surface area (Å²) < 4.78 is 26.5. The molecule has 4 nitrogen and oxygen atoms in total. The van der Waals surface area contributed by atoms with Crippen LogP contribution in [-0.2, 0) is 9.63 Å². The SMILES string of the molecule is O=C(CO/N=C\c1ccccc1F)Nc1ccccc1F. The molecule has 1 amide bonds. The summed E-state index contributed by atoms with van der Waals surface area (Å²) >= 11 is 0. The standard InChI is InChI=1S/C15H12F2N2O2/c16-12-6-2-1-5-11(12)9-18-21-10-15(20)19-14-8-4-3-7-13(14)17/h1-9H,10H2,(H,19,20)/b18-9-. The number of rotatable bonds is 5. The van der Waals surface area contributed by atoms with Crippen LogP contribution in [0.5, 0.6) is 0 Å². The lowest BCUT2D eigenvalue weighted by Crippen LogP contribution is -2.17. The van der Waals surface area contributed by atoms with Crippen molar-refractivity contribution in [3.63, 3.8) is 0 Å². The predicted octanol–water partition coefficient (Wildman–Crippen LogP) is 2.95. The number of para-hydroxylation sites is 1. The van der Waals surface area contributed by atoms with Gasteiger partial charge < -0.3 is 10.2 Å². The first-order chi connectivity index (χ1) is 10.2. The highest BCUT2D eigenvalue weighted by Gasteiger charge is 2.06. The quantitative estimate of drug-likeness (QED) is 0.680. The van der Waals surface area contributed by atoms with Crippen molar-refractivity contribution in [3.8, 4) is 0 Å². The van der Waals surface area contributed by atoms with Crippen molar-refractivity contribution in [2.45, 2.75) is 0 Å². The number of halogens is 2. The van der Waals surface area contributed by atoms with Gasteiger partial charge in [0.15, 0.2) is 6.61 Å². The minimum absolute atomic E-state index is 0.0594. The Balaban J connectivity index is 1.82. The van der Waals surface area contributed by atoms with Crippen LogP contribution in [0.15, 0.2) is 53.7 Å². The summed E-state index contributed by atoms with van der Waals surface area (Å²) in [4.78, 5) is 16.2. The van der Waals surface area contributed by atoms with Crippen LogP contribution in [-0.4, -0.2) is 18.7 Å². The zero-order chi connectivity index (χ0) is 15.1. The molecular weight excluding hydrogens is 278 g/mol. The molecule has 0 aromatic heterocycles. The van der Waals surface area contributed by atoms with Gasteiger partial charge in [0.25, 0.3) is 5.91 Å². The second-order valence-corrected chi connectivity index (χ2v) is 4.06. The second-order valence-electron chi connectivity index (χ2n) is 4.06. The fourth-order valence-corrected chi connectivity index (χ4v) is 1.52. The highest BCUT2D eigenvalue weighted by atomic mass is 19.1. The summed E-state index contributed by atoms with van der Waals surface area (Å²) in [7, 11) is 0. The number of hydrogen-bond acceptors (Lipinski definition) is 3. The lowest BCUT2D eigenvalue weighted by Gasteiger charge is -2.04. The van der Waals surface area contributed by atoms with Crippen LogP contribution in [0.25, 0.3) is 0 Å². The van der Waals surface area contributed by atoms with Crippen molar-refractivity contribution in [3.05, 3.63) is 65.7 Å². The fourth-order valence-electron chi connectivity index (χ4n) is 1.52. The molecule has 0 aliphatic heterocycles. The Kier molecular flexibility index (Phi) is 4.98. The minimum Gasteiger partial charge on any atom is -0.386 e.